The van der Waals surface area contributed by atoms with Gasteiger partial charge < -0.3 is 15.5 Å². The molecule has 2 N–H and O–H groups in total. The lowest BCUT2D eigenvalue weighted by Crippen LogP contribution is -2.45. The van der Waals surface area contributed by atoms with Crippen LogP contribution in [0.1, 0.15) is 36.8 Å². The van der Waals surface area contributed by atoms with E-state index in [1.165, 1.54) is 5.56 Å². The zero-order valence-corrected chi connectivity index (χ0v) is 14.7. The number of benzene rings is 1. The van der Waals surface area contributed by atoms with Gasteiger partial charge in [-0.2, -0.15) is 13.2 Å². The van der Waals surface area contributed by atoms with Crippen LogP contribution in [0.4, 0.5) is 18.0 Å². The number of hydrogen-bond acceptors (Lipinski definition) is 2. The largest absolute Gasteiger partial charge is 0.391 e. The van der Waals surface area contributed by atoms with Crippen molar-refractivity contribution in [3.8, 4) is 0 Å². The second-order valence-electron chi connectivity index (χ2n) is 6.98. The first-order chi connectivity index (χ1) is 11.7. The Morgan fingerprint density at radius 1 is 1.16 bits per heavy atom. The zero-order valence-electron chi connectivity index (χ0n) is 14.7. The van der Waals surface area contributed by atoms with E-state index >= 15 is 0 Å². The molecule has 7 heteroatoms. The maximum absolute atomic E-state index is 12.8. The number of urea groups is 1. The molecule has 0 aromatic heterocycles. The molecule has 0 spiro atoms. The molecule has 2 rings (SSSR count). The molecule has 2 amide bonds. The van der Waals surface area contributed by atoms with E-state index < -0.39 is 24.2 Å². The summed E-state index contributed by atoms with van der Waals surface area (Å²) >= 11 is 0. The molecule has 2 atom stereocenters. The summed E-state index contributed by atoms with van der Waals surface area (Å²) in [6, 6.07) is 7.07. The Labute approximate surface area is 146 Å². The normalized spacial score (nSPS) is 21.2. The van der Waals surface area contributed by atoms with Gasteiger partial charge in [0, 0.05) is 19.1 Å². The van der Waals surface area contributed by atoms with Gasteiger partial charge in [0.15, 0.2) is 0 Å². The number of rotatable bonds is 5. The van der Waals surface area contributed by atoms with Gasteiger partial charge in [0.1, 0.15) is 0 Å². The monoisotopic (exact) mass is 357 g/mol. The summed E-state index contributed by atoms with van der Waals surface area (Å²) in [6.07, 6.45) is -2.97. The SMILES string of the molecule is CN(C)Cc1ccc(CNC(=O)NC2CCCC(C(F)(F)F)C2)cc1. The van der Waals surface area contributed by atoms with Crippen LogP contribution in [0.25, 0.3) is 0 Å². The van der Waals surface area contributed by atoms with Gasteiger partial charge in [0.05, 0.1) is 5.92 Å². The average molecular weight is 357 g/mol. The molecule has 1 saturated carbocycles. The standard InChI is InChI=1S/C18H26F3N3O/c1-24(2)12-14-8-6-13(7-9-14)11-22-17(25)23-16-5-3-4-15(10-16)18(19,20)21/h6-9,15-16H,3-5,10-12H2,1-2H3,(H2,22,23,25). The van der Waals surface area contributed by atoms with E-state index in [-0.39, 0.29) is 12.8 Å². The van der Waals surface area contributed by atoms with Gasteiger partial charge in [-0.1, -0.05) is 30.7 Å². The minimum absolute atomic E-state index is 0.0316. The van der Waals surface area contributed by atoms with Gasteiger partial charge in [0.25, 0.3) is 0 Å². The molecule has 4 nitrogen and oxygen atoms in total. The molecule has 1 aliphatic rings. The average Bonchev–Trinajstić information content (AvgIpc) is 2.53. The fourth-order valence-electron chi connectivity index (χ4n) is 3.16. The Balaban J connectivity index is 1.77. The number of alkyl halides is 3. The Kier molecular flexibility index (Phi) is 6.70. The first kappa shape index (κ1) is 19.6. The third kappa shape index (κ3) is 6.57. The predicted molar refractivity (Wildman–Crippen MR) is 91.0 cm³/mol. The Morgan fingerprint density at radius 2 is 1.80 bits per heavy atom. The molecule has 0 bridgehead atoms. The molecule has 25 heavy (non-hydrogen) atoms. The van der Waals surface area contributed by atoms with Crippen molar-refractivity contribution in [2.45, 2.75) is 51.0 Å². The Hall–Kier alpha value is -1.76. The van der Waals surface area contributed by atoms with Crippen LogP contribution in [0.15, 0.2) is 24.3 Å². The summed E-state index contributed by atoms with van der Waals surface area (Å²) in [5, 5.41) is 5.39. The smallest absolute Gasteiger partial charge is 0.335 e. The van der Waals surface area contributed by atoms with E-state index in [0.717, 1.165) is 12.1 Å². The van der Waals surface area contributed by atoms with E-state index in [1.807, 2.05) is 38.4 Å². The molecular weight excluding hydrogens is 331 g/mol. The lowest BCUT2D eigenvalue weighted by molar-refractivity contribution is -0.183. The first-order valence-corrected chi connectivity index (χ1v) is 8.57. The van der Waals surface area contributed by atoms with Crippen LogP contribution in [0, 0.1) is 5.92 Å². The molecular formula is C18H26F3N3O. The molecule has 0 heterocycles. The van der Waals surface area contributed by atoms with E-state index in [1.54, 1.807) is 0 Å². The highest BCUT2D eigenvalue weighted by atomic mass is 19.4. The topological polar surface area (TPSA) is 44.4 Å². The van der Waals surface area contributed by atoms with Crippen LogP contribution in [0.2, 0.25) is 0 Å². The second-order valence-corrected chi connectivity index (χ2v) is 6.98. The third-order valence-corrected chi connectivity index (χ3v) is 4.45. The maximum Gasteiger partial charge on any atom is 0.391 e. The summed E-state index contributed by atoms with van der Waals surface area (Å²) in [4.78, 5) is 14.0. The van der Waals surface area contributed by atoms with Gasteiger partial charge in [-0.15, -0.1) is 0 Å². The molecule has 0 radical (unpaired) electrons. The van der Waals surface area contributed by atoms with E-state index in [4.69, 9.17) is 0 Å². The highest BCUT2D eigenvalue weighted by Crippen LogP contribution is 2.37. The van der Waals surface area contributed by atoms with E-state index in [9.17, 15) is 18.0 Å². The lowest BCUT2D eigenvalue weighted by Gasteiger charge is -2.31. The third-order valence-electron chi connectivity index (χ3n) is 4.45. The lowest BCUT2D eigenvalue weighted by atomic mass is 9.85. The first-order valence-electron chi connectivity index (χ1n) is 8.57. The summed E-state index contributed by atoms with van der Waals surface area (Å²) in [5.41, 5.74) is 2.13. The van der Waals surface area contributed by atoms with Crippen LogP contribution in [0.3, 0.4) is 0 Å². The van der Waals surface area contributed by atoms with Gasteiger partial charge in [0.2, 0.25) is 0 Å². The summed E-state index contributed by atoms with van der Waals surface area (Å²) in [6.45, 7) is 1.19. The highest BCUT2D eigenvalue weighted by Gasteiger charge is 2.42. The number of amides is 2. The van der Waals surface area contributed by atoms with E-state index in [2.05, 4.69) is 15.5 Å². The number of hydrogen-bond donors (Lipinski definition) is 2. The number of nitrogens with one attached hydrogen (secondary N) is 2. The zero-order chi connectivity index (χ0) is 18.4. The number of nitrogens with zero attached hydrogens (tertiary/aromatic N) is 1. The van der Waals surface area contributed by atoms with Crippen LogP contribution >= 0.6 is 0 Å². The number of carbonyl (C=O) groups excluding carboxylic acids is 1. The van der Waals surface area contributed by atoms with Crippen molar-refractivity contribution < 1.29 is 18.0 Å². The quantitative estimate of drug-likeness (QED) is 0.845. The van der Waals surface area contributed by atoms with Crippen molar-refractivity contribution >= 4 is 6.03 Å². The molecule has 0 saturated heterocycles. The van der Waals surface area contributed by atoms with Crippen LogP contribution in [-0.4, -0.2) is 37.2 Å². The second kappa shape index (κ2) is 8.56. The Morgan fingerprint density at radius 3 is 2.40 bits per heavy atom. The summed E-state index contributed by atoms with van der Waals surface area (Å²) in [7, 11) is 3.99. The molecule has 1 aromatic rings. The van der Waals surface area contributed by atoms with Crippen LogP contribution in [0.5, 0.6) is 0 Å². The minimum atomic E-state index is -4.18. The van der Waals surface area contributed by atoms with Crippen LogP contribution < -0.4 is 10.6 Å². The fraction of sp³-hybridized carbons (Fsp3) is 0.611. The minimum Gasteiger partial charge on any atom is -0.335 e. The van der Waals surface area contributed by atoms with Crippen molar-refractivity contribution in [3.05, 3.63) is 35.4 Å². The van der Waals surface area contributed by atoms with Crippen molar-refractivity contribution in [1.82, 2.24) is 15.5 Å². The van der Waals surface area contributed by atoms with Crippen molar-refractivity contribution in [1.29, 1.82) is 0 Å². The maximum atomic E-state index is 12.8. The predicted octanol–water partition coefficient (Wildman–Crippen LogP) is 3.67. The Bertz CT molecular complexity index is 558. The summed E-state index contributed by atoms with van der Waals surface area (Å²) < 4.78 is 38.4. The molecule has 1 aliphatic carbocycles. The van der Waals surface area contributed by atoms with Crippen molar-refractivity contribution in [3.63, 3.8) is 0 Å². The summed E-state index contributed by atoms with van der Waals surface area (Å²) in [5.74, 6) is -1.31. The van der Waals surface area contributed by atoms with Gasteiger partial charge >= 0.3 is 12.2 Å². The molecule has 1 fully saturated rings. The van der Waals surface area contributed by atoms with Crippen LogP contribution in [-0.2, 0) is 13.1 Å². The van der Waals surface area contributed by atoms with E-state index in [0.29, 0.717) is 19.4 Å². The highest BCUT2D eigenvalue weighted by molar-refractivity contribution is 5.74. The van der Waals surface area contributed by atoms with Crippen molar-refractivity contribution in [2.75, 3.05) is 14.1 Å². The fourth-order valence-corrected chi connectivity index (χ4v) is 3.16. The molecule has 2 unspecified atom stereocenters. The van der Waals surface area contributed by atoms with Gasteiger partial charge in [-0.3, -0.25) is 0 Å². The van der Waals surface area contributed by atoms with Gasteiger partial charge in [-0.05, 0) is 44.5 Å². The van der Waals surface area contributed by atoms with Crippen molar-refractivity contribution in [2.24, 2.45) is 5.92 Å². The molecule has 1 aromatic carbocycles. The molecule has 140 valence electrons. The molecule has 0 aliphatic heterocycles. The van der Waals surface area contributed by atoms with Gasteiger partial charge in [-0.25, -0.2) is 4.79 Å². The number of halogens is 3. The number of carbonyl (C=O) groups is 1.